The largest absolute Gasteiger partial charge is 0.471 e. The molecule has 1 aromatic carbocycles. The number of amides is 2. The van der Waals surface area contributed by atoms with E-state index in [9.17, 15) is 27.9 Å². The molecule has 0 bridgehead atoms. The lowest BCUT2D eigenvalue weighted by Gasteiger charge is -2.17. The molecular weight excluding hydrogens is 556 g/mol. The van der Waals surface area contributed by atoms with Crippen LogP contribution in [0.4, 0.5) is 23.4 Å². The Bertz CT molecular complexity index is 1530. The number of nitrogens with one attached hydrogen (secondary N) is 2. The molecule has 0 spiro atoms. The monoisotopic (exact) mass is 576 g/mol. The van der Waals surface area contributed by atoms with Crippen molar-refractivity contribution in [2.45, 2.75) is 30.8 Å². The summed E-state index contributed by atoms with van der Waals surface area (Å²) < 4.78 is 65.2. The van der Waals surface area contributed by atoms with Crippen molar-refractivity contribution in [3.8, 4) is 11.8 Å². The zero-order valence-corrected chi connectivity index (χ0v) is 20.7. The van der Waals surface area contributed by atoms with Gasteiger partial charge < -0.3 is 29.8 Å². The summed E-state index contributed by atoms with van der Waals surface area (Å²) in [7, 11) is 0. The highest BCUT2D eigenvalue weighted by atomic mass is 19.4. The highest BCUT2D eigenvalue weighted by Crippen LogP contribution is 2.37. The first-order valence-corrected chi connectivity index (χ1v) is 11.7. The number of fused-ring (bicyclic) bond motifs is 1. The number of nitrogens with zero attached hydrogens (tertiary/aromatic N) is 6. The van der Waals surface area contributed by atoms with Gasteiger partial charge in [-0.05, 0) is 17.7 Å². The van der Waals surface area contributed by atoms with E-state index in [2.05, 4.69) is 37.2 Å². The van der Waals surface area contributed by atoms with Crippen LogP contribution in [0.25, 0.3) is 21.5 Å². The van der Waals surface area contributed by atoms with Crippen molar-refractivity contribution in [1.29, 1.82) is 0 Å². The number of hydrogen-bond donors (Lipinski definition) is 3. The third-order valence-electron chi connectivity index (χ3n) is 5.80. The maximum Gasteiger partial charge on any atom is 0.471 e. The molecule has 0 aliphatic carbocycles. The van der Waals surface area contributed by atoms with E-state index in [1.54, 1.807) is 35.6 Å². The van der Waals surface area contributed by atoms with Gasteiger partial charge in [0.1, 0.15) is 36.7 Å². The zero-order chi connectivity index (χ0) is 29.6. The molecule has 1 aliphatic rings. The Morgan fingerprint density at radius 3 is 2.71 bits per heavy atom. The van der Waals surface area contributed by atoms with Crippen molar-refractivity contribution in [3.05, 3.63) is 64.4 Å². The topological polar surface area (TPSA) is 176 Å². The number of aliphatic hydroxyl groups excluding tert-OH is 1. The molecule has 0 unspecified atom stereocenters. The molecule has 0 saturated carbocycles. The maximum atomic E-state index is 15.6. The van der Waals surface area contributed by atoms with Gasteiger partial charge in [0.05, 0.1) is 24.1 Å². The van der Waals surface area contributed by atoms with Gasteiger partial charge in [0.15, 0.2) is 12.4 Å². The Hall–Kier alpha value is -4.75. The fourth-order valence-electron chi connectivity index (χ4n) is 4.01. The average Bonchev–Trinajstić information content (AvgIpc) is 3.48. The number of ether oxygens (including phenoxy) is 2. The van der Waals surface area contributed by atoms with Crippen molar-refractivity contribution >= 4 is 28.7 Å². The predicted octanol–water partition coefficient (Wildman–Crippen LogP) is 2.59. The molecule has 2 amide bonds. The smallest absolute Gasteiger partial charge is 0.394 e. The predicted molar refractivity (Wildman–Crippen MR) is 133 cm³/mol. The number of aliphatic hydroxyl groups is 1. The Balaban J connectivity index is 1.73. The molecule has 3 heterocycles. The maximum absolute atomic E-state index is 15.6. The highest BCUT2D eigenvalue weighted by molar-refractivity contribution is 6.08. The van der Waals surface area contributed by atoms with Crippen LogP contribution in [0.15, 0.2) is 48.0 Å². The van der Waals surface area contributed by atoms with Gasteiger partial charge >= 0.3 is 12.1 Å². The van der Waals surface area contributed by atoms with E-state index in [1.165, 1.54) is 10.8 Å². The van der Waals surface area contributed by atoms with Gasteiger partial charge in [-0.25, -0.2) is 14.4 Å². The Kier molecular flexibility index (Phi) is 9.00. The normalized spacial score (nSPS) is 20.1. The van der Waals surface area contributed by atoms with Crippen LogP contribution >= 0.6 is 0 Å². The van der Waals surface area contributed by atoms with Crippen molar-refractivity contribution in [1.82, 2.24) is 19.9 Å². The number of aromatic nitrogens is 3. The third kappa shape index (κ3) is 6.53. The second-order valence-corrected chi connectivity index (χ2v) is 8.36. The standard InChI is InChI=1S/C24H20F4N8O5/c25-17-18(40-12-33-35-29)15(10-37)41-22(17)36-9-14(7-4-8-30-23(39)24(26,27)28)16-19(31-11-32-20(16)36)34-21(38)13-5-2-1-3-6-13/h1-3,5-6,9,11,15,17-18,22,37H,8,10,12H2,(H,30,39)(H,31,32,34,38)/t15-,17-,18-,22-/m1/s1. The summed E-state index contributed by atoms with van der Waals surface area (Å²) in [5.74, 6) is 2.18. The molecule has 4 rings (SSSR count). The Morgan fingerprint density at radius 1 is 1.27 bits per heavy atom. The summed E-state index contributed by atoms with van der Waals surface area (Å²) in [6.07, 6.45) is -8.60. The van der Waals surface area contributed by atoms with Gasteiger partial charge in [0.2, 0.25) is 0 Å². The number of azide groups is 1. The van der Waals surface area contributed by atoms with Crippen LogP contribution < -0.4 is 10.6 Å². The van der Waals surface area contributed by atoms with Crippen LogP contribution in [0.2, 0.25) is 0 Å². The van der Waals surface area contributed by atoms with Gasteiger partial charge in [-0.1, -0.05) is 35.2 Å². The first-order valence-electron chi connectivity index (χ1n) is 11.7. The summed E-state index contributed by atoms with van der Waals surface area (Å²) in [5, 5.41) is 17.2. The Morgan fingerprint density at radius 2 is 2.02 bits per heavy atom. The van der Waals surface area contributed by atoms with E-state index in [4.69, 9.17) is 15.0 Å². The molecule has 3 N–H and O–H groups in total. The number of alkyl halides is 4. The number of rotatable bonds is 8. The van der Waals surface area contributed by atoms with E-state index < -0.39 is 62.5 Å². The lowest BCUT2D eigenvalue weighted by atomic mass is 10.1. The SMILES string of the molecule is [N-]=[N+]=NCO[C@H]1[C@@H](F)[C@H](n2cc(C#CCNC(=O)C(F)(F)F)c3c(NC(=O)c4ccccc4)ncnc32)O[C@@H]1CO. The molecule has 1 saturated heterocycles. The molecular formula is C24H20F4N8O5. The van der Waals surface area contributed by atoms with Crippen LogP contribution in [0.5, 0.6) is 0 Å². The zero-order valence-electron chi connectivity index (χ0n) is 20.7. The summed E-state index contributed by atoms with van der Waals surface area (Å²) in [6, 6.07) is 8.10. The van der Waals surface area contributed by atoms with Gasteiger partial charge in [0, 0.05) is 16.7 Å². The van der Waals surface area contributed by atoms with Crippen LogP contribution in [0, 0.1) is 11.8 Å². The van der Waals surface area contributed by atoms with Crippen LogP contribution in [0.3, 0.4) is 0 Å². The number of carbonyl (C=O) groups is 2. The first-order chi connectivity index (χ1) is 19.7. The third-order valence-corrected chi connectivity index (χ3v) is 5.80. The fourth-order valence-corrected chi connectivity index (χ4v) is 4.01. The average molecular weight is 576 g/mol. The van der Waals surface area contributed by atoms with E-state index in [0.717, 1.165) is 6.33 Å². The van der Waals surface area contributed by atoms with Crippen molar-refractivity contribution in [2.24, 2.45) is 5.11 Å². The van der Waals surface area contributed by atoms with E-state index in [0.29, 0.717) is 0 Å². The van der Waals surface area contributed by atoms with Crippen LogP contribution in [-0.4, -0.2) is 75.9 Å². The Labute approximate surface area is 228 Å². The molecule has 17 heteroatoms. The van der Waals surface area contributed by atoms with Gasteiger partial charge in [-0.3, -0.25) is 9.59 Å². The number of hydrogen-bond acceptors (Lipinski definition) is 8. The minimum atomic E-state index is -5.10. The van der Waals surface area contributed by atoms with Crippen molar-refractivity contribution in [3.63, 3.8) is 0 Å². The summed E-state index contributed by atoms with van der Waals surface area (Å²) in [6.45, 7) is -1.85. The fraction of sp³-hybridized carbons (Fsp3) is 0.333. The summed E-state index contributed by atoms with van der Waals surface area (Å²) >= 11 is 0. The lowest BCUT2D eigenvalue weighted by molar-refractivity contribution is -0.173. The van der Waals surface area contributed by atoms with E-state index in [-0.39, 0.29) is 28.0 Å². The van der Waals surface area contributed by atoms with Crippen molar-refractivity contribution in [2.75, 3.05) is 25.2 Å². The molecule has 4 atom stereocenters. The lowest BCUT2D eigenvalue weighted by Crippen LogP contribution is -2.36. The van der Waals surface area contributed by atoms with Crippen LogP contribution in [0.1, 0.15) is 22.1 Å². The molecule has 0 radical (unpaired) electrons. The van der Waals surface area contributed by atoms with E-state index >= 15 is 4.39 Å². The van der Waals surface area contributed by atoms with Crippen molar-refractivity contribution < 1.29 is 41.7 Å². The molecule has 41 heavy (non-hydrogen) atoms. The molecule has 2 aromatic heterocycles. The van der Waals surface area contributed by atoms with Gasteiger partial charge in [-0.2, -0.15) is 13.2 Å². The number of halogens is 4. The highest BCUT2D eigenvalue weighted by Gasteiger charge is 2.47. The minimum absolute atomic E-state index is 0.0204. The summed E-state index contributed by atoms with van der Waals surface area (Å²) in [5.41, 5.74) is 8.83. The molecule has 13 nitrogen and oxygen atoms in total. The van der Waals surface area contributed by atoms with Crippen LogP contribution in [-0.2, 0) is 14.3 Å². The quantitative estimate of drug-likeness (QED) is 0.121. The number of benzene rings is 1. The molecule has 3 aromatic rings. The molecule has 1 aliphatic heterocycles. The minimum Gasteiger partial charge on any atom is -0.394 e. The second kappa shape index (κ2) is 12.6. The van der Waals surface area contributed by atoms with Gasteiger partial charge in [0.25, 0.3) is 5.91 Å². The molecule has 214 valence electrons. The summed E-state index contributed by atoms with van der Waals surface area (Å²) in [4.78, 5) is 34.7. The molecule has 1 fully saturated rings. The number of anilines is 1. The second-order valence-electron chi connectivity index (χ2n) is 8.36. The van der Waals surface area contributed by atoms with E-state index in [1.807, 2.05) is 0 Å². The van der Waals surface area contributed by atoms with Gasteiger partial charge in [-0.15, -0.1) is 0 Å². The first kappa shape index (κ1) is 29.2. The number of carbonyl (C=O) groups excluding carboxylic acids is 2.